The van der Waals surface area contributed by atoms with Crippen LogP contribution >= 0.6 is 11.6 Å². The summed E-state index contributed by atoms with van der Waals surface area (Å²) in [5.74, 6) is 0.0728. The van der Waals surface area contributed by atoms with Gasteiger partial charge in [-0.3, -0.25) is 4.79 Å². The van der Waals surface area contributed by atoms with Crippen LogP contribution in [0.4, 0.5) is 5.69 Å². The molecule has 0 aromatic heterocycles. The molecule has 3 rings (SSSR count). The van der Waals surface area contributed by atoms with E-state index in [4.69, 9.17) is 11.6 Å². The number of benzene rings is 2. The van der Waals surface area contributed by atoms with E-state index >= 15 is 0 Å². The van der Waals surface area contributed by atoms with Gasteiger partial charge in [0, 0.05) is 16.8 Å². The summed E-state index contributed by atoms with van der Waals surface area (Å²) in [4.78, 5) is 14.8. The third-order valence-electron chi connectivity index (χ3n) is 4.21. The highest BCUT2D eigenvalue weighted by Crippen LogP contribution is 2.35. The van der Waals surface area contributed by atoms with E-state index in [1.165, 1.54) is 0 Å². The summed E-state index contributed by atoms with van der Waals surface area (Å²) in [7, 11) is 0. The van der Waals surface area contributed by atoms with Crippen molar-refractivity contribution in [2.75, 3.05) is 5.32 Å². The van der Waals surface area contributed by atoms with E-state index in [0.717, 1.165) is 23.2 Å². The number of carbonyl (C=O) groups is 1. The fraction of sp³-hybridized carbons (Fsp3) is 0.278. The topological polar surface area (TPSA) is 32.3 Å². The van der Waals surface area contributed by atoms with E-state index in [-0.39, 0.29) is 18.1 Å². The lowest BCUT2D eigenvalue weighted by Gasteiger charge is -2.41. The summed E-state index contributed by atoms with van der Waals surface area (Å²) in [6.45, 7) is 4.17. The molecular formula is C18H19ClN2O. The Morgan fingerprint density at radius 2 is 1.86 bits per heavy atom. The lowest BCUT2D eigenvalue weighted by Crippen LogP contribution is -2.47. The number of halogens is 1. The molecule has 0 unspecified atom stereocenters. The van der Waals surface area contributed by atoms with Crippen LogP contribution in [0.2, 0.25) is 5.02 Å². The van der Waals surface area contributed by atoms with Crippen molar-refractivity contribution in [2.24, 2.45) is 0 Å². The molecule has 4 heteroatoms. The van der Waals surface area contributed by atoms with Crippen LogP contribution in [0, 0.1) is 0 Å². The molecule has 1 heterocycles. The minimum Gasteiger partial charge on any atom is -0.361 e. The van der Waals surface area contributed by atoms with Gasteiger partial charge in [0.15, 0.2) is 0 Å². The zero-order chi connectivity index (χ0) is 15.7. The molecule has 0 radical (unpaired) electrons. The molecule has 22 heavy (non-hydrogen) atoms. The first kappa shape index (κ1) is 14.9. The van der Waals surface area contributed by atoms with Crippen LogP contribution in [0.3, 0.4) is 0 Å². The molecule has 2 aromatic carbocycles. The number of hydrogen-bond donors (Lipinski definition) is 1. The molecule has 1 N–H and O–H groups in total. The van der Waals surface area contributed by atoms with Crippen LogP contribution in [-0.4, -0.2) is 16.8 Å². The lowest BCUT2D eigenvalue weighted by molar-refractivity contribution is 0.0593. The summed E-state index contributed by atoms with van der Waals surface area (Å²) < 4.78 is 0. The van der Waals surface area contributed by atoms with Crippen molar-refractivity contribution in [1.82, 2.24) is 4.90 Å². The molecular weight excluding hydrogens is 296 g/mol. The van der Waals surface area contributed by atoms with E-state index in [1.54, 1.807) is 0 Å². The number of nitrogens with zero attached hydrogens (tertiary/aromatic N) is 1. The fourth-order valence-electron chi connectivity index (χ4n) is 2.81. The molecule has 0 saturated carbocycles. The Kier molecular flexibility index (Phi) is 4.08. The first-order valence-electron chi connectivity index (χ1n) is 7.55. The number of rotatable bonds is 3. The van der Waals surface area contributed by atoms with Crippen LogP contribution in [0.5, 0.6) is 0 Å². The van der Waals surface area contributed by atoms with Crippen molar-refractivity contribution in [1.29, 1.82) is 0 Å². The van der Waals surface area contributed by atoms with Crippen LogP contribution in [0.25, 0.3) is 0 Å². The SMILES string of the molecule is CC[C@H](C)N1C(=O)c2ccccc2N[C@H]1c1ccc(Cl)cc1. The number of amides is 1. The molecule has 1 aliphatic rings. The Balaban J connectivity index is 2.06. The standard InChI is InChI=1S/C18H19ClN2O/c1-3-12(2)21-17(13-8-10-14(19)11-9-13)20-16-7-5-4-6-15(16)18(21)22/h4-12,17,20H,3H2,1-2H3/t12-,17+/m0/s1. The highest BCUT2D eigenvalue weighted by atomic mass is 35.5. The molecule has 1 amide bonds. The van der Waals surface area contributed by atoms with Crippen molar-refractivity contribution in [3.05, 3.63) is 64.7 Å². The van der Waals surface area contributed by atoms with Gasteiger partial charge in [0.2, 0.25) is 0 Å². The van der Waals surface area contributed by atoms with Crippen LogP contribution in [-0.2, 0) is 0 Å². The van der Waals surface area contributed by atoms with Gasteiger partial charge in [0.25, 0.3) is 5.91 Å². The van der Waals surface area contributed by atoms with Crippen LogP contribution in [0.1, 0.15) is 42.4 Å². The number of nitrogens with one attached hydrogen (secondary N) is 1. The normalized spacial score (nSPS) is 18.6. The summed E-state index contributed by atoms with van der Waals surface area (Å²) in [6.07, 6.45) is 0.731. The highest BCUT2D eigenvalue weighted by Gasteiger charge is 2.35. The minimum atomic E-state index is -0.172. The molecule has 2 atom stereocenters. The Bertz CT molecular complexity index is 684. The third-order valence-corrected chi connectivity index (χ3v) is 4.47. The number of carbonyl (C=O) groups excluding carboxylic acids is 1. The summed E-state index contributed by atoms with van der Waals surface area (Å²) in [5.41, 5.74) is 2.65. The third kappa shape index (κ3) is 2.57. The van der Waals surface area contributed by atoms with Crippen molar-refractivity contribution in [3.8, 4) is 0 Å². The molecule has 114 valence electrons. The zero-order valence-electron chi connectivity index (χ0n) is 12.7. The Labute approximate surface area is 135 Å². The first-order chi connectivity index (χ1) is 10.6. The Morgan fingerprint density at radius 1 is 1.18 bits per heavy atom. The average molecular weight is 315 g/mol. The highest BCUT2D eigenvalue weighted by molar-refractivity contribution is 6.30. The van der Waals surface area contributed by atoms with Gasteiger partial charge in [-0.15, -0.1) is 0 Å². The first-order valence-corrected chi connectivity index (χ1v) is 7.93. The molecule has 0 aliphatic carbocycles. The van der Waals surface area contributed by atoms with Gasteiger partial charge in [0.1, 0.15) is 6.17 Å². The van der Waals surface area contributed by atoms with Gasteiger partial charge in [-0.25, -0.2) is 0 Å². The second-order valence-corrected chi connectivity index (χ2v) is 6.05. The van der Waals surface area contributed by atoms with E-state index in [1.807, 2.05) is 53.4 Å². The van der Waals surface area contributed by atoms with Gasteiger partial charge in [-0.1, -0.05) is 42.8 Å². The largest absolute Gasteiger partial charge is 0.361 e. The number of anilines is 1. The maximum absolute atomic E-state index is 12.9. The van der Waals surface area contributed by atoms with E-state index < -0.39 is 0 Å². The molecule has 2 aromatic rings. The zero-order valence-corrected chi connectivity index (χ0v) is 13.5. The van der Waals surface area contributed by atoms with Gasteiger partial charge >= 0.3 is 0 Å². The predicted molar refractivity (Wildman–Crippen MR) is 90.2 cm³/mol. The second-order valence-electron chi connectivity index (χ2n) is 5.61. The minimum absolute atomic E-state index is 0.0728. The molecule has 3 nitrogen and oxygen atoms in total. The maximum atomic E-state index is 12.9. The molecule has 0 fully saturated rings. The van der Waals surface area contributed by atoms with Crippen molar-refractivity contribution in [2.45, 2.75) is 32.5 Å². The summed E-state index contributed by atoms with van der Waals surface area (Å²) >= 11 is 5.99. The van der Waals surface area contributed by atoms with Gasteiger partial charge in [-0.05, 0) is 43.2 Å². The van der Waals surface area contributed by atoms with Crippen molar-refractivity contribution >= 4 is 23.2 Å². The monoisotopic (exact) mass is 314 g/mol. The van der Waals surface area contributed by atoms with Crippen LogP contribution < -0.4 is 5.32 Å². The van der Waals surface area contributed by atoms with Crippen molar-refractivity contribution in [3.63, 3.8) is 0 Å². The lowest BCUT2D eigenvalue weighted by atomic mass is 10.0. The van der Waals surface area contributed by atoms with Gasteiger partial charge in [-0.2, -0.15) is 0 Å². The van der Waals surface area contributed by atoms with Gasteiger partial charge in [0.05, 0.1) is 5.56 Å². The number of hydrogen-bond acceptors (Lipinski definition) is 2. The van der Waals surface area contributed by atoms with E-state index in [9.17, 15) is 4.79 Å². The molecule has 0 bridgehead atoms. The second kappa shape index (κ2) is 6.01. The van der Waals surface area contributed by atoms with E-state index in [2.05, 4.69) is 19.2 Å². The maximum Gasteiger partial charge on any atom is 0.258 e. The van der Waals surface area contributed by atoms with E-state index in [0.29, 0.717) is 5.02 Å². The quantitative estimate of drug-likeness (QED) is 0.890. The summed E-state index contributed by atoms with van der Waals surface area (Å²) in [6, 6.07) is 15.5. The Morgan fingerprint density at radius 3 is 2.55 bits per heavy atom. The van der Waals surface area contributed by atoms with Gasteiger partial charge < -0.3 is 10.2 Å². The van der Waals surface area contributed by atoms with Crippen molar-refractivity contribution < 1.29 is 4.79 Å². The van der Waals surface area contributed by atoms with Crippen LogP contribution in [0.15, 0.2) is 48.5 Å². The Hall–Kier alpha value is -2.00. The predicted octanol–water partition coefficient (Wildman–Crippen LogP) is 4.71. The molecule has 0 spiro atoms. The molecule has 0 saturated heterocycles. The fourth-order valence-corrected chi connectivity index (χ4v) is 2.93. The summed E-state index contributed by atoms with van der Waals surface area (Å²) in [5, 5.41) is 4.19. The number of fused-ring (bicyclic) bond motifs is 1. The average Bonchev–Trinajstić information content (AvgIpc) is 2.55. The smallest absolute Gasteiger partial charge is 0.258 e. The molecule has 1 aliphatic heterocycles. The number of para-hydroxylation sites is 1.